The molecule has 0 radical (unpaired) electrons. The summed E-state index contributed by atoms with van der Waals surface area (Å²) in [4.78, 5) is 12.4. The number of amides is 1. The molecule has 0 saturated heterocycles. The molecule has 0 aliphatic carbocycles. The normalized spacial score (nSPS) is 10.9. The topological polar surface area (TPSA) is 77.6 Å². The van der Waals surface area contributed by atoms with E-state index in [9.17, 15) is 4.79 Å². The van der Waals surface area contributed by atoms with Gasteiger partial charge in [0.05, 0.1) is 28.5 Å². The molecule has 2 aromatic heterocycles. The molecule has 0 aliphatic rings. The third kappa shape index (κ3) is 3.80. The van der Waals surface area contributed by atoms with Gasteiger partial charge in [0.2, 0.25) is 5.91 Å². The van der Waals surface area contributed by atoms with Crippen molar-refractivity contribution in [1.29, 1.82) is 0 Å². The van der Waals surface area contributed by atoms with Gasteiger partial charge in [0.1, 0.15) is 6.33 Å². The molecule has 0 unspecified atom stereocenters. The van der Waals surface area contributed by atoms with Crippen LogP contribution in [0.3, 0.4) is 0 Å². The highest BCUT2D eigenvalue weighted by Gasteiger charge is 2.16. The number of nitrogens with zero attached hydrogens (tertiary/aromatic N) is 5. The summed E-state index contributed by atoms with van der Waals surface area (Å²) in [5, 5.41) is 16.2. The number of rotatable bonds is 6. The summed E-state index contributed by atoms with van der Waals surface area (Å²) in [5.41, 5.74) is 4.62. The zero-order valence-corrected chi connectivity index (χ0v) is 16.2. The highest BCUT2D eigenvalue weighted by molar-refractivity contribution is 7.99. The number of thioether (sulfide) groups is 1. The molecule has 0 saturated carbocycles. The standard InChI is InChI=1S/C18H22N6OS/c1-5-23-11-19-21-18(23)26-10-16(25)20-17-13(3)22-24(14(17)4)15-8-6-12(2)7-9-15/h6-9,11H,5,10H2,1-4H3,(H,20,25). The lowest BCUT2D eigenvalue weighted by atomic mass is 10.2. The molecule has 0 bridgehead atoms. The number of hydrogen-bond donors (Lipinski definition) is 1. The van der Waals surface area contributed by atoms with Gasteiger partial charge in [-0.25, -0.2) is 4.68 Å². The first-order chi connectivity index (χ1) is 12.5. The van der Waals surface area contributed by atoms with Crippen LogP contribution in [0.25, 0.3) is 5.69 Å². The van der Waals surface area contributed by atoms with Crippen LogP contribution in [0.4, 0.5) is 5.69 Å². The number of hydrogen-bond acceptors (Lipinski definition) is 5. The molecular weight excluding hydrogens is 348 g/mol. The summed E-state index contributed by atoms with van der Waals surface area (Å²) >= 11 is 1.37. The number of carbonyl (C=O) groups excluding carboxylic acids is 1. The Balaban J connectivity index is 1.71. The van der Waals surface area contributed by atoms with Gasteiger partial charge < -0.3 is 9.88 Å². The highest BCUT2D eigenvalue weighted by atomic mass is 32.2. The number of benzene rings is 1. The molecule has 0 spiro atoms. The molecule has 3 aromatic rings. The average molecular weight is 370 g/mol. The van der Waals surface area contributed by atoms with Crippen molar-refractivity contribution in [3.63, 3.8) is 0 Å². The largest absolute Gasteiger partial charge is 0.322 e. The minimum absolute atomic E-state index is 0.0877. The fourth-order valence-corrected chi connectivity index (χ4v) is 3.42. The van der Waals surface area contributed by atoms with E-state index in [4.69, 9.17) is 0 Å². The minimum Gasteiger partial charge on any atom is -0.322 e. The van der Waals surface area contributed by atoms with E-state index in [0.717, 1.165) is 34.5 Å². The SMILES string of the molecule is CCn1cnnc1SCC(=O)Nc1c(C)nn(-c2ccc(C)cc2)c1C. The van der Waals surface area contributed by atoms with E-state index in [0.29, 0.717) is 0 Å². The molecule has 1 aromatic carbocycles. The Morgan fingerprint density at radius 1 is 1.19 bits per heavy atom. The molecule has 0 fully saturated rings. The molecule has 8 heteroatoms. The van der Waals surface area contributed by atoms with Crippen LogP contribution in [-0.4, -0.2) is 36.2 Å². The Bertz CT molecular complexity index is 912. The van der Waals surface area contributed by atoms with Crippen molar-refractivity contribution in [1.82, 2.24) is 24.5 Å². The van der Waals surface area contributed by atoms with E-state index in [1.807, 2.05) is 61.2 Å². The van der Waals surface area contributed by atoms with Crippen molar-refractivity contribution in [2.75, 3.05) is 11.1 Å². The van der Waals surface area contributed by atoms with E-state index in [2.05, 4.69) is 20.6 Å². The van der Waals surface area contributed by atoms with Crippen LogP contribution in [0.15, 0.2) is 35.7 Å². The summed E-state index contributed by atoms with van der Waals surface area (Å²) in [7, 11) is 0. The minimum atomic E-state index is -0.0877. The third-order valence-electron chi connectivity index (χ3n) is 4.09. The predicted octanol–water partition coefficient (Wildman–Crippen LogP) is 3.14. The van der Waals surface area contributed by atoms with Crippen LogP contribution in [0.2, 0.25) is 0 Å². The number of carbonyl (C=O) groups is 1. The van der Waals surface area contributed by atoms with Gasteiger partial charge in [-0.1, -0.05) is 29.5 Å². The Morgan fingerprint density at radius 2 is 1.92 bits per heavy atom. The fourth-order valence-electron chi connectivity index (χ4n) is 2.64. The van der Waals surface area contributed by atoms with Gasteiger partial charge >= 0.3 is 0 Å². The highest BCUT2D eigenvalue weighted by Crippen LogP contribution is 2.24. The van der Waals surface area contributed by atoms with Crippen LogP contribution < -0.4 is 5.32 Å². The maximum Gasteiger partial charge on any atom is 0.234 e. The molecule has 3 rings (SSSR count). The molecule has 2 heterocycles. The molecular formula is C18H22N6OS. The van der Waals surface area contributed by atoms with Crippen molar-refractivity contribution in [2.45, 2.75) is 39.4 Å². The van der Waals surface area contributed by atoms with Crippen molar-refractivity contribution >= 4 is 23.4 Å². The van der Waals surface area contributed by atoms with Crippen molar-refractivity contribution < 1.29 is 4.79 Å². The summed E-state index contributed by atoms with van der Waals surface area (Å²) in [6.45, 7) is 8.69. The molecule has 1 N–H and O–H groups in total. The monoisotopic (exact) mass is 370 g/mol. The van der Waals surface area contributed by atoms with E-state index >= 15 is 0 Å². The lowest BCUT2D eigenvalue weighted by Gasteiger charge is -2.07. The first-order valence-corrected chi connectivity index (χ1v) is 9.42. The van der Waals surface area contributed by atoms with Gasteiger partial charge in [-0.05, 0) is 39.8 Å². The average Bonchev–Trinajstić information content (AvgIpc) is 3.20. The quantitative estimate of drug-likeness (QED) is 0.675. The molecule has 136 valence electrons. The van der Waals surface area contributed by atoms with E-state index in [1.165, 1.54) is 17.3 Å². The van der Waals surface area contributed by atoms with Gasteiger partial charge in [0.25, 0.3) is 0 Å². The van der Waals surface area contributed by atoms with E-state index in [-0.39, 0.29) is 11.7 Å². The summed E-state index contributed by atoms with van der Waals surface area (Å²) in [6, 6.07) is 8.14. The molecule has 7 nitrogen and oxygen atoms in total. The van der Waals surface area contributed by atoms with E-state index in [1.54, 1.807) is 6.33 Å². The lowest BCUT2D eigenvalue weighted by Crippen LogP contribution is -2.15. The second-order valence-electron chi connectivity index (χ2n) is 6.03. The molecule has 0 aliphatic heterocycles. The second kappa shape index (κ2) is 7.74. The van der Waals surface area contributed by atoms with Crippen molar-refractivity contribution in [3.8, 4) is 5.69 Å². The van der Waals surface area contributed by atoms with Gasteiger partial charge in [0.15, 0.2) is 5.16 Å². The predicted molar refractivity (Wildman–Crippen MR) is 103 cm³/mol. The zero-order valence-electron chi connectivity index (χ0n) is 15.4. The first kappa shape index (κ1) is 18.2. The van der Waals surface area contributed by atoms with Crippen LogP contribution in [-0.2, 0) is 11.3 Å². The number of nitrogens with one attached hydrogen (secondary N) is 1. The summed E-state index contributed by atoms with van der Waals surface area (Å²) in [6.07, 6.45) is 1.67. The Labute approximate surface area is 156 Å². The van der Waals surface area contributed by atoms with Crippen LogP contribution >= 0.6 is 11.8 Å². The molecule has 26 heavy (non-hydrogen) atoms. The Morgan fingerprint density at radius 3 is 2.62 bits per heavy atom. The van der Waals surface area contributed by atoms with Crippen LogP contribution in [0.5, 0.6) is 0 Å². The molecule has 0 atom stereocenters. The third-order valence-corrected chi connectivity index (χ3v) is 5.07. The number of anilines is 1. The van der Waals surface area contributed by atoms with Crippen LogP contribution in [0, 0.1) is 20.8 Å². The van der Waals surface area contributed by atoms with Crippen molar-refractivity contribution in [2.24, 2.45) is 0 Å². The first-order valence-electron chi connectivity index (χ1n) is 8.43. The Kier molecular flexibility index (Phi) is 5.41. The van der Waals surface area contributed by atoms with E-state index < -0.39 is 0 Å². The lowest BCUT2D eigenvalue weighted by molar-refractivity contribution is -0.113. The van der Waals surface area contributed by atoms with Crippen molar-refractivity contribution in [3.05, 3.63) is 47.5 Å². The second-order valence-corrected chi connectivity index (χ2v) is 6.97. The van der Waals surface area contributed by atoms with Crippen LogP contribution in [0.1, 0.15) is 23.9 Å². The zero-order chi connectivity index (χ0) is 18.7. The fraction of sp³-hybridized carbons (Fsp3) is 0.333. The smallest absolute Gasteiger partial charge is 0.234 e. The maximum atomic E-state index is 12.4. The van der Waals surface area contributed by atoms with Gasteiger partial charge in [-0.3, -0.25) is 4.79 Å². The van der Waals surface area contributed by atoms with Gasteiger partial charge in [-0.2, -0.15) is 5.10 Å². The maximum absolute atomic E-state index is 12.4. The summed E-state index contributed by atoms with van der Waals surface area (Å²) < 4.78 is 3.76. The number of aryl methyl sites for hydroxylation is 3. The van der Waals surface area contributed by atoms with Gasteiger partial charge in [-0.15, -0.1) is 10.2 Å². The molecule has 1 amide bonds. The summed E-state index contributed by atoms with van der Waals surface area (Å²) in [5.74, 6) is 0.183. The Hall–Kier alpha value is -2.61. The van der Waals surface area contributed by atoms with Gasteiger partial charge in [0, 0.05) is 6.54 Å². The number of aromatic nitrogens is 5.